The second-order valence-electron chi connectivity index (χ2n) is 18.0. The molecule has 0 heterocycles. The Morgan fingerprint density at radius 3 is 2.19 bits per heavy atom. The van der Waals surface area contributed by atoms with E-state index in [0.29, 0.717) is 17.3 Å². The van der Waals surface area contributed by atoms with E-state index in [2.05, 4.69) is 59.8 Å². The smallest absolute Gasteiger partial charge is 0.306 e. The molecule has 8 atom stereocenters. The maximum absolute atomic E-state index is 12.8. The first-order valence-corrected chi connectivity index (χ1v) is 21.2. The summed E-state index contributed by atoms with van der Waals surface area (Å²) in [6, 6.07) is 0. The quantitative estimate of drug-likeness (QED) is 0.0702. The predicted octanol–water partition coefficient (Wildman–Crippen LogP) is 14.0. The Morgan fingerprint density at radius 2 is 1.49 bits per heavy atom. The molecule has 4 aliphatic carbocycles. The molecule has 0 aromatic rings. The van der Waals surface area contributed by atoms with Gasteiger partial charge in [0.2, 0.25) is 0 Å². The van der Waals surface area contributed by atoms with Crippen molar-refractivity contribution in [1.82, 2.24) is 0 Å². The van der Waals surface area contributed by atoms with Gasteiger partial charge in [-0.25, -0.2) is 0 Å². The summed E-state index contributed by atoms with van der Waals surface area (Å²) in [5.74, 6) is 5.31. The highest BCUT2D eigenvalue weighted by Gasteiger charge is 2.59. The number of carbonyl (C=O) groups excluding carboxylic acids is 1. The molecule has 3 saturated carbocycles. The highest BCUT2D eigenvalue weighted by molar-refractivity contribution is 5.69. The van der Waals surface area contributed by atoms with Crippen LogP contribution in [-0.4, -0.2) is 12.1 Å². The van der Waals surface area contributed by atoms with Crippen LogP contribution in [0.3, 0.4) is 0 Å². The summed E-state index contributed by atoms with van der Waals surface area (Å²) in [6.45, 7) is 14.9. The summed E-state index contributed by atoms with van der Waals surface area (Å²) < 4.78 is 6.12. The van der Waals surface area contributed by atoms with Crippen LogP contribution < -0.4 is 0 Å². The molecular weight excluding hydrogens is 572 g/mol. The average molecular weight is 651 g/mol. The number of rotatable bonds is 21. The van der Waals surface area contributed by atoms with Gasteiger partial charge in [-0.3, -0.25) is 4.79 Å². The zero-order valence-electron chi connectivity index (χ0n) is 32.3. The highest BCUT2D eigenvalue weighted by Crippen LogP contribution is 2.67. The van der Waals surface area contributed by atoms with Crippen LogP contribution in [0.25, 0.3) is 0 Å². The van der Waals surface area contributed by atoms with Gasteiger partial charge in [-0.2, -0.15) is 0 Å². The van der Waals surface area contributed by atoms with E-state index in [1.54, 1.807) is 5.57 Å². The molecule has 4 rings (SSSR count). The molecule has 0 aromatic carbocycles. The minimum absolute atomic E-state index is 0.0541. The zero-order chi connectivity index (χ0) is 33.7. The number of esters is 1. The molecule has 0 amide bonds. The van der Waals surface area contributed by atoms with Gasteiger partial charge in [-0.15, -0.1) is 0 Å². The second-order valence-corrected chi connectivity index (χ2v) is 18.0. The van der Waals surface area contributed by atoms with Gasteiger partial charge in [-0.1, -0.05) is 136 Å². The molecule has 47 heavy (non-hydrogen) atoms. The molecule has 0 saturated heterocycles. The first-order chi connectivity index (χ1) is 22.7. The van der Waals surface area contributed by atoms with Gasteiger partial charge in [0.25, 0.3) is 0 Å². The lowest BCUT2D eigenvalue weighted by molar-refractivity contribution is -0.151. The zero-order valence-corrected chi connectivity index (χ0v) is 32.3. The summed E-state index contributed by atoms with van der Waals surface area (Å²) >= 11 is 0. The van der Waals surface area contributed by atoms with Gasteiger partial charge in [-0.05, 0) is 123 Å². The highest BCUT2D eigenvalue weighted by atomic mass is 16.5. The van der Waals surface area contributed by atoms with Gasteiger partial charge in [0.15, 0.2) is 0 Å². The molecule has 1 unspecified atom stereocenters. The van der Waals surface area contributed by atoms with Crippen LogP contribution in [0.2, 0.25) is 0 Å². The van der Waals surface area contributed by atoms with E-state index in [4.69, 9.17) is 4.74 Å². The fourth-order valence-electron chi connectivity index (χ4n) is 11.3. The molecule has 0 spiro atoms. The van der Waals surface area contributed by atoms with E-state index in [-0.39, 0.29) is 12.1 Å². The fraction of sp³-hybridized carbons (Fsp3) is 0.889. The summed E-state index contributed by atoms with van der Waals surface area (Å²) in [5.41, 5.74) is 2.53. The normalized spacial score (nSPS) is 32.6. The van der Waals surface area contributed by atoms with Gasteiger partial charge >= 0.3 is 5.97 Å². The Bertz CT molecular complexity index is 976. The molecular formula is C45H78O2. The summed E-state index contributed by atoms with van der Waals surface area (Å²) in [4.78, 5) is 12.8. The van der Waals surface area contributed by atoms with E-state index in [1.807, 2.05) is 0 Å². The van der Waals surface area contributed by atoms with E-state index < -0.39 is 0 Å². The van der Waals surface area contributed by atoms with Crippen molar-refractivity contribution in [3.63, 3.8) is 0 Å². The first kappa shape index (κ1) is 38.7. The predicted molar refractivity (Wildman–Crippen MR) is 202 cm³/mol. The number of allylic oxidation sites excluding steroid dienone is 3. The second kappa shape index (κ2) is 19.4. The van der Waals surface area contributed by atoms with E-state index in [1.165, 1.54) is 128 Å². The molecule has 0 aromatic heterocycles. The van der Waals surface area contributed by atoms with Crippen molar-refractivity contribution in [2.24, 2.45) is 46.3 Å². The van der Waals surface area contributed by atoms with Crippen molar-refractivity contribution >= 4 is 5.97 Å². The van der Waals surface area contributed by atoms with Crippen molar-refractivity contribution in [2.75, 3.05) is 0 Å². The number of hydrogen-bond donors (Lipinski definition) is 0. The number of fused-ring (bicyclic) bond motifs is 5. The molecule has 0 N–H and O–H groups in total. The largest absolute Gasteiger partial charge is 0.462 e. The van der Waals surface area contributed by atoms with Crippen molar-refractivity contribution in [2.45, 2.75) is 208 Å². The maximum atomic E-state index is 12.8. The molecule has 2 nitrogen and oxygen atoms in total. The van der Waals surface area contributed by atoms with Gasteiger partial charge in [0.1, 0.15) is 6.10 Å². The van der Waals surface area contributed by atoms with Crippen molar-refractivity contribution in [1.29, 1.82) is 0 Å². The Kier molecular flexibility index (Phi) is 16.0. The van der Waals surface area contributed by atoms with Crippen LogP contribution in [-0.2, 0) is 9.53 Å². The SMILES string of the molecule is CCCCCCCC/C=C/CCCCCCCC(=O)O[C@H]1CC[C@@]2(C)C(=CC[C@H]3[C@H]2CC[C@@]2(C)C([C@H](C)CCCC(C)C)CC[C@H]32)C1. The maximum Gasteiger partial charge on any atom is 0.306 e. The van der Waals surface area contributed by atoms with Crippen LogP contribution in [0, 0.1) is 46.3 Å². The summed E-state index contributed by atoms with van der Waals surface area (Å²) in [6.07, 6.45) is 39.5. The lowest BCUT2D eigenvalue weighted by Gasteiger charge is -2.58. The van der Waals surface area contributed by atoms with Crippen LogP contribution in [0.5, 0.6) is 0 Å². The monoisotopic (exact) mass is 651 g/mol. The minimum Gasteiger partial charge on any atom is -0.462 e. The van der Waals surface area contributed by atoms with Crippen molar-refractivity contribution < 1.29 is 9.53 Å². The molecule has 0 radical (unpaired) electrons. The van der Waals surface area contributed by atoms with E-state index >= 15 is 0 Å². The lowest BCUT2D eigenvalue weighted by atomic mass is 9.47. The Morgan fingerprint density at radius 1 is 0.809 bits per heavy atom. The topological polar surface area (TPSA) is 26.3 Å². The molecule has 2 heteroatoms. The third kappa shape index (κ3) is 10.7. The molecule has 4 aliphatic rings. The first-order valence-electron chi connectivity index (χ1n) is 21.2. The number of hydrogen-bond acceptors (Lipinski definition) is 2. The van der Waals surface area contributed by atoms with Crippen LogP contribution >= 0.6 is 0 Å². The lowest BCUT2D eigenvalue weighted by Crippen LogP contribution is -2.51. The Labute approximate surface area is 293 Å². The fourth-order valence-corrected chi connectivity index (χ4v) is 11.3. The number of ether oxygens (including phenoxy) is 1. The number of unbranched alkanes of at least 4 members (excludes halogenated alkanes) is 11. The summed E-state index contributed by atoms with van der Waals surface area (Å²) in [5, 5.41) is 0. The summed E-state index contributed by atoms with van der Waals surface area (Å²) in [7, 11) is 0. The Hall–Kier alpha value is -1.05. The van der Waals surface area contributed by atoms with E-state index in [9.17, 15) is 4.79 Å². The molecule has 0 bridgehead atoms. The molecule has 270 valence electrons. The van der Waals surface area contributed by atoms with Gasteiger partial charge < -0.3 is 4.74 Å². The Balaban J connectivity index is 1.12. The van der Waals surface area contributed by atoms with Gasteiger partial charge in [0, 0.05) is 12.8 Å². The van der Waals surface area contributed by atoms with Crippen molar-refractivity contribution in [3.05, 3.63) is 23.8 Å². The third-order valence-electron chi connectivity index (χ3n) is 14.2. The van der Waals surface area contributed by atoms with Crippen LogP contribution in [0.15, 0.2) is 23.8 Å². The number of carbonyl (C=O) groups is 1. The van der Waals surface area contributed by atoms with Crippen LogP contribution in [0.1, 0.15) is 202 Å². The van der Waals surface area contributed by atoms with Crippen LogP contribution in [0.4, 0.5) is 0 Å². The standard InChI is InChI=1S/C45H78O2/c1-7-8-9-10-11-12-13-14-15-16-17-18-19-20-21-25-43(46)47-38-30-32-44(5)37(34-38)26-27-39-41-29-28-40(36(4)24-22-23-35(2)3)45(41,6)33-31-42(39)44/h14-15,26,35-36,38-42H,7-13,16-25,27-34H2,1-6H3/b15-14+/t36-,38+,39-,40?,41-,42-,44+,45+/m1/s1. The van der Waals surface area contributed by atoms with E-state index in [0.717, 1.165) is 61.2 Å². The van der Waals surface area contributed by atoms with Gasteiger partial charge in [0.05, 0.1) is 0 Å². The van der Waals surface area contributed by atoms with Crippen molar-refractivity contribution in [3.8, 4) is 0 Å². The molecule has 0 aliphatic heterocycles. The third-order valence-corrected chi connectivity index (χ3v) is 14.2. The minimum atomic E-state index is 0.0541. The molecule has 3 fully saturated rings. The average Bonchev–Trinajstić information content (AvgIpc) is 3.40.